The van der Waals surface area contributed by atoms with E-state index in [1.165, 1.54) is 72.0 Å². The summed E-state index contributed by atoms with van der Waals surface area (Å²) in [5, 5.41) is 0. The third-order valence-corrected chi connectivity index (χ3v) is 27.8. The van der Waals surface area contributed by atoms with Crippen molar-refractivity contribution in [3.05, 3.63) is 521 Å². The molecule has 0 spiro atoms. The van der Waals surface area contributed by atoms with Crippen LogP contribution in [0.15, 0.2) is 510 Å². The highest BCUT2D eigenvalue weighted by Gasteiger charge is 2.46. The van der Waals surface area contributed by atoms with Gasteiger partial charge in [-0.25, -0.2) is 0 Å². The Bertz CT molecular complexity index is 7420. The van der Waals surface area contributed by atoms with Gasteiger partial charge in [-0.1, -0.05) is 454 Å². The zero-order chi connectivity index (χ0) is 93.0. The normalized spacial score (nSPS) is 12.1. The molecular formula is C134H102BN3. The largest absolute Gasteiger partial charge is 0.311 e. The van der Waals surface area contributed by atoms with Gasteiger partial charge in [-0.3, -0.25) is 0 Å². The smallest absolute Gasteiger partial charge is 0.252 e. The monoisotopic (exact) mass is 1760 g/mol. The molecule has 3 nitrogen and oxygen atoms in total. The van der Waals surface area contributed by atoms with E-state index in [1.807, 2.05) is 0 Å². The van der Waals surface area contributed by atoms with Crippen LogP contribution in [0.5, 0.6) is 0 Å². The van der Waals surface area contributed by atoms with E-state index in [9.17, 15) is 0 Å². The Balaban J connectivity index is 0.882. The van der Waals surface area contributed by atoms with Gasteiger partial charge in [0.2, 0.25) is 0 Å². The summed E-state index contributed by atoms with van der Waals surface area (Å²) in [6, 6.07) is 191. The molecule has 138 heavy (non-hydrogen) atoms. The Morgan fingerprint density at radius 2 is 0.413 bits per heavy atom. The Kier molecular flexibility index (Phi) is 22.3. The van der Waals surface area contributed by atoms with Crippen molar-refractivity contribution < 1.29 is 0 Å². The van der Waals surface area contributed by atoms with Crippen LogP contribution in [0.4, 0.5) is 51.2 Å². The average molecular weight is 1770 g/mol. The van der Waals surface area contributed by atoms with Gasteiger partial charge in [0.05, 0.1) is 5.69 Å². The fourth-order valence-electron chi connectivity index (χ4n) is 21.7. The van der Waals surface area contributed by atoms with Crippen molar-refractivity contribution in [1.29, 1.82) is 0 Å². The van der Waals surface area contributed by atoms with Crippen molar-refractivity contribution in [2.75, 3.05) is 14.7 Å². The summed E-state index contributed by atoms with van der Waals surface area (Å²) in [6.07, 6.45) is 0. The second-order valence-corrected chi connectivity index (χ2v) is 38.6. The van der Waals surface area contributed by atoms with Gasteiger partial charge in [-0.2, -0.15) is 0 Å². The molecule has 4 heteroatoms. The second kappa shape index (κ2) is 36.1. The fraction of sp³-hybridized carbons (Fsp3) is 0.0597. The van der Waals surface area contributed by atoms with Gasteiger partial charge in [0.25, 0.3) is 6.71 Å². The van der Waals surface area contributed by atoms with Crippen LogP contribution in [-0.2, 0) is 10.8 Å². The first-order chi connectivity index (χ1) is 67.7. The number of rotatable bonds is 19. The number of hydrogen-bond acceptors (Lipinski definition) is 3. The molecule has 2 aliphatic rings. The topological polar surface area (TPSA) is 9.72 Å². The zero-order valence-electron chi connectivity index (χ0n) is 78.4. The Morgan fingerprint density at radius 3 is 0.696 bits per heavy atom. The summed E-state index contributed by atoms with van der Waals surface area (Å²) in [6.45, 7) is 13.9. The number of benzene rings is 21. The van der Waals surface area contributed by atoms with Crippen LogP contribution in [0.1, 0.15) is 52.7 Å². The van der Waals surface area contributed by atoms with Crippen molar-refractivity contribution in [3.63, 3.8) is 0 Å². The van der Waals surface area contributed by atoms with Crippen LogP contribution in [0.2, 0.25) is 0 Å². The summed E-state index contributed by atoms with van der Waals surface area (Å²) in [5.74, 6) is 0. The lowest BCUT2D eigenvalue weighted by atomic mass is 9.33. The molecule has 2 heterocycles. The Labute approximate surface area is 812 Å². The maximum Gasteiger partial charge on any atom is 0.252 e. The molecule has 23 rings (SSSR count). The maximum absolute atomic E-state index is 2.67. The SMILES string of the molecule is CC(C)(C)c1c(-c2ccccc2)cc(-c2c(-c3ccccc3)cc(N3c4ccc(-c5ccccc5)cc4B4c5cc(-c6ccccc6)ccc5N(c5cc(-c6ccccc6)c(-c6cc(-c7ccccc7)c(C(C)(C)C)c(-c7ccccc7)c6)c(-c6ccccc6)c5)c5cc(N(c6ccc(-c7ccccc7)cc6)c6cccc(-c7ccccc7)c6)cc3c54)cc2-c2ccccc2)cc1-c1ccccc1. The molecule has 0 aromatic heterocycles. The van der Waals surface area contributed by atoms with E-state index in [1.54, 1.807) is 0 Å². The molecule has 0 bridgehead atoms. The van der Waals surface area contributed by atoms with E-state index in [-0.39, 0.29) is 17.5 Å². The minimum Gasteiger partial charge on any atom is -0.311 e. The first-order valence-electron chi connectivity index (χ1n) is 48.2. The predicted octanol–water partition coefficient (Wildman–Crippen LogP) is 35.2. The first-order valence-corrected chi connectivity index (χ1v) is 48.2. The van der Waals surface area contributed by atoms with Crippen molar-refractivity contribution in [3.8, 4) is 156 Å². The molecule has 0 unspecified atom stereocenters. The molecule has 21 aromatic carbocycles. The van der Waals surface area contributed by atoms with E-state index in [0.717, 1.165) is 162 Å². The van der Waals surface area contributed by atoms with E-state index in [4.69, 9.17) is 0 Å². The number of fused-ring (bicyclic) bond motifs is 4. The molecule has 656 valence electrons. The highest BCUT2D eigenvalue weighted by Crippen LogP contribution is 2.57. The predicted molar refractivity (Wildman–Crippen MR) is 589 cm³/mol. The number of anilines is 9. The summed E-state index contributed by atoms with van der Waals surface area (Å²) in [5.41, 5.74) is 46.7. The van der Waals surface area contributed by atoms with E-state index in [2.05, 4.69) is 566 Å². The fourth-order valence-corrected chi connectivity index (χ4v) is 21.7. The highest BCUT2D eigenvalue weighted by molar-refractivity contribution is 7.00. The molecule has 0 saturated heterocycles. The summed E-state index contributed by atoms with van der Waals surface area (Å²) in [7, 11) is 0. The van der Waals surface area contributed by atoms with Crippen LogP contribution < -0.4 is 31.1 Å². The van der Waals surface area contributed by atoms with Crippen LogP contribution >= 0.6 is 0 Å². The van der Waals surface area contributed by atoms with E-state index in [0.29, 0.717) is 0 Å². The van der Waals surface area contributed by atoms with Crippen LogP contribution in [0.3, 0.4) is 0 Å². The van der Waals surface area contributed by atoms with Gasteiger partial charge >= 0.3 is 0 Å². The number of hydrogen-bond donors (Lipinski definition) is 0. The molecule has 21 aromatic rings. The van der Waals surface area contributed by atoms with Crippen LogP contribution in [-0.4, -0.2) is 6.71 Å². The quantitative estimate of drug-likeness (QED) is 0.0747. The van der Waals surface area contributed by atoms with Crippen molar-refractivity contribution >= 4 is 74.3 Å². The first kappa shape index (κ1) is 85.3. The van der Waals surface area contributed by atoms with Gasteiger partial charge in [0, 0.05) is 45.5 Å². The van der Waals surface area contributed by atoms with E-state index < -0.39 is 0 Å². The Hall–Kier alpha value is -16.9. The molecule has 0 aliphatic carbocycles. The molecule has 2 aliphatic heterocycles. The molecule has 0 fully saturated rings. The molecule has 0 saturated carbocycles. The third-order valence-electron chi connectivity index (χ3n) is 27.8. The zero-order valence-corrected chi connectivity index (χ0v) is 78.4. The van der Waals surface area contributed by atoms with Gasteiger partial charge in [-0.15, -0.1) is 0 Å². The van der Waals surface area contributed by atoms with Gasteiger partial charge in [-0.05, 0) is 291 Å². The van der Waals surface area contributed by atoms with Crippen molar-refractivity contribution in [2.24, 2.45) is 0 Å². The average Bonchev–Trinajstić information content (AvgIpc) is 0.687. The minimum absolute atomic E-state index is 0.265. The van der Waals surface area contributed by atoms with E-state index >= 15 is 0 Å². The number of nitrogens with zero attached hydrogens (tertiary/aromatic N) is 3. The summed E-state index contributed by atoms with van der Waals surface area (Å²) >= 11 is 0. The Morgan fingerprint density at radius 1 is 0.174 bits per heavy atom. The standard InChI is InChI=1S/C134H102BN3/c1-133(2,3)130-118(100-60-35-15-36-61-100)79-107(80-119(130)101-62-37-16-38-63-101)128-114(96-52-27-11-28-53-96)85-111(86-115(128)97-54-29-12-30-55-97)137-124-76-72-105(93-48-23-9-24-49-93)83-122(124)135-123-84-106(94-50-25-10-26-51-94)73-77-125(123)138(127-90-113(89-126(137)132(127)135)136(109-74-70-95(71-75-109)91-44-19-7-20-45-91)110-69-43-68-104(78-110)92-46-21-8-22-47-92)112-87-116(98-56-31-13-32-57-98)129(117(88-112)99-58-33-14-34-59-99)108-81-120(102-64-39-17-40-65-102)131(134(4,5)6)121(82-108)103-66-41-18-42-67-103/h7-90H,1-6H3. The van der Waals surface area contributed by atoms with Crippen molar-refractivity contribution in [2.45, 2.75) is 52.4 Å². The minimum atomic E-state index is -0.361. The maximum atomic E-state index is 2.67. The molecule has 0 atom stereocenters. The lowest BCUT2D eigenvalue weighted by Gasteiger charge is -2.45. The van der Waals surface area contributed by atoms with Gasteiger partial charge < -0.3 is 14.7 Å². The van der Waals surface area contributed by atoms with Gasteiger partial charge in [0.1, 0.15) is 0 Å². The molecule has 0 radical (unpaired) electrons. The molecule has 0 N–H and O–H groups in total. The van der Waals surface area contributed by atoms with Gasteiger partial charge in [0.15, 0.2) is 0 Å². The lowest BCUT2D eigenvalue weighted by molar-refractivity contribution is 0.593. The van der Waals surface area contributed by atoms with Crippen LogP contribution in [0, 0.1) is 0 Å². The van der Waals surface area contributed by atoms with Crippen molar-refractivity contribution in [1.82, 2.24) is 0 Å². The molecule has 0 amide bonds. The summed E-state index contributed by atoms with van der Waals surface area (Å²) < 4.78 is 0. The summed E-state index contributed by atoms with van der Waals surface area (Å²) in [4.78, 5) is 7.87. The van der Waals surface area contributed by atoms with Crippen LogP contribution in [0.25, 0.3) is 156 Å². The molecular weight excluding hydrogens is 1660 g/mol. The lowest BCUT2D eigenvalue weighted by Crippen LogP contribution is -2.61. The second-order valence-electron chi connectivity index (χ2n) is 38.6. The highest BCUT2D eigenvalue weighted by atomic mass is 15.2. The third kappa shape index (κ3) is 16.1.